The summed E-state index contributed by atoms with van der Waals surface area (Å²) in [5.41, 5.74) is 6.54. The average molecular weight is 325 g/mol. The zero-order valence-electron chi connectivity index (χ0n) is 15.5. The molecule has 1 fully saturated rings. The van der Waals surface area contributed by atoms with Crippen molar-refractivity contribution < 1.29 is 0 Å². The van der Waals surface area contributed by atoms with E-state index in [0.29, 0.717) is 5.41 Å². The number of aromatic amines is 1. The first-order valence-corrected chi connectivity index (χ1v) is 10.1. The van der Waals surface area contributed by atoms with Crippen LogP contribution < -0.4 is 0 Å². The van der Waals surface area contributed by atoms with E-state index in [-0.39, 0.29) is 0 Å². The van der Waals surface area contributed by atoms with E-state index in [1.165, 1.54) is 93.2 Å². The van der Waals surface area contributed by atoms with Crippen molar-refractivity contribution in [2.75, 3.05) is 19.6 Å². The molecule has 1 aromatic carbocycles. The van der Waals surface area contributed by atoms with Crippen LogP contribution in [0.3, 0.4) is 0 Å². The van der Waals surface area contributed by atoms with Crippen molar-refractivity contribution in [3.05, 3.63) is 35.0 Å². The van der Waals surface area contributed by atoms with Gasteiger partial charge in [-0.05, 0) is 74.1 Å². The van der Waals surface area contributed by atoms with Crippen LogP contribution in [0.4, 0.5) is 0 Å². The molecule has 0 spiro atoms. The van der Waals surface area contributed by atoms with Gasteiger partial charge in [-0.3, -0.25) is 0 Å². The summed E-state index contributed by atoms with van der Waals surface area (Å²) >= 11 is 0. The summed E-state index contributed by atoms with van der Waals surface area (Å²) in [5, 5.41) is 1.48. The number of nitrogens with one attached hydrogen (secondary N) is 1. The van der Waals surface area contributed by atoms with Crippen molar-refractivity contribution in [2.24, 2.45) is 5.41 Å². The predicted molar refractivity (Wildman–Crippen MR) is 103 cm³/mol. The fraction of sp³-hybridized carbons (Fsp3) is 0.636. The molecule has 0 aliphatic carbocycles. The second-order valence-corrected chi connectivity index (χ2v) is 8.20. The maximum absolute atomic E-state index is 3.81. The highest BCUT2D eigenvalue weighted by Gasteiger charge is 2.34. The molecule has 2 bridgehead atoms. The van der Waals surface area contributed by atoms with Gasteiger partial charge in [0, 0.05) is 29.7 Å². The van der Waals surface area contributed by atoms with E-state index in [0.717, 1.165) is 0 Å². The van der Waals surface area contributed by atoms with Crippen LogP contribution in [-0.2, 0) is 19.3 Å². The summed E-state index contributed by atoms with van der Waals surface area (Å²) in [7, 11) is 0. The fourth-order valence-corrected chi connectivity index (χ4v) is 5.13. The van der Waals surface area contributed by atoms with Gasteiger partial charge in [-0.15, -0.1) is 0 Å². The summed E-state index contributed by atoms with van der Waals surface area (Å²) in [4.78, 5) is 6.56. The normalized spacial score (nSPS) is 27.3. The molecule has 1 saturated heterocycles. The quantitative estimate of drug-likeness (QED) is 0.832. The van der Waals surface area contributed by atoms with Gasteiger partial charge in [0.1, 0.15) is 0 Å². The number of fused-ring (bicyclic) bond motifs is 5. The second kappa shape index (κ2) is 6.55. The van der Waals surface area contributed by atoms with Gasteiger partial charge in [0.15, 0.2) is 0 Å². The van der Waals surface area contributed by atoms with Crippen molar-refractivity contribution >= 4 is 10.9 Å². The minimum Gasteiger partial charge on any atom is -0.358 e. The van der Waals surface area contributed by atoms with E-state index in [1.807, 2.05) is 0 Å². The molecule has 130 valence electrons. The Morgan fingerprint density at radius 3 is 2.88 bits per heavy atom. The number of nitrogens with zero attached hydrogens (tertiary/aromatic N) is 1. The molecule has 1 aromatic heterocycles. The first-order valence-electron chi connectivity index (χ1n) is 10.1. The molecule has 1 N–H and O–H groups in total. The first-order chi connectivity index (χ1) is 11.7. The van der Waals surface area contributed by atoms with E-state index in [9.17, 15) is 0 Å². The van der Waals surface area contributed by atoms with Crippen LogP contribution in [-0.4, -0.2) is 29.5 Å². The number of aromatic nitrogens is 1. The van der Waals surface area contributed by atoms with E-state index in [2.05, 4.69) is 41.9 Å². The lowest BCUT2D eigenvalue weighted by Gasteiger charge is -2.42. The molecule has 24 heavy (non-hydrogen) atoms. The number of aryl methyl sites for hydroxylation is 2. The SMILES string of the molecule is CCCc1ccc2c3c([nH]c2c1)CC[C@]1(CC)CCCN(CC3)C1. The molecule has 2 atom stereocenters. The van der Waals surface area contributed by atoms with Gasteiger partial charge in [0.25, 0.3) is 0 Å². The molecule has 2 aliphatic rings. The van der Waals surface area contributed by atoms with Gasteiger partial charge < -0.3 is 9.88 Å². The Morgan fingerprint density at radius 1 is 1.12 bits per heavy atom. The van der Waals surface area contributed by atoms with Crippen LogP contribution in [0.1, 0.15) is 62.8 Å². The Kier molecular flexibility index (Phi) is 4.42. The van der Waals surface area contributed by atoms with Crippen LogP contribution in [0.25, 0.3) is 10.9 Å². The molecule has 0 amide bonds. The Bertz CT molecular complexity index is 714. The lowest BCUT2D eigenvalue weighted by Crippen LogP contribution is -2.43. The van der Waals surface area contributed by atoms with E-state index in [4.69, 9.17) is 0 Å². The van der Waals surface area contributed by atoms with E-state index >= 15 is 0 Å². The topological polar surface area (TPSA) is 19.0 Å². The Balaban J connectivity index is 1.70. The van der Waals surface area contributed by atoms with E-state index < -0.39 is 0 Å². The molecule has 2 aromatic rings. The van der Waals surface area contributed by atoms with Crippen LogP contribution in [0.2, 0.25) is 0 Å². The van der Waals surface area contributed by atoms with Gasteiger partial charge in [-0.1, -0.05) is 32.4 Å². The van der Waals surface area contributed by atoms with Crippen molar-refractivity contribution in [1.29, 1.82) is 0 Å². The number of piperidine rings is 1. The molecule has 2 heteroatoms. The zero-order valence-corrected chi connectivity index (χ0v) is 15.5. The Morgan fingerprint density at radius 2 is 2.04 bits per heavy atom. The highest BCUT2D eigenvalue weighted by atomic mass is 15.1. The maximum atomic E-state index is 3.81. The molecular weight excluding hydrogens is 292 g/mol. The minimum absolute atomic E-state index is 0.560. The van der Waals surface area contributed by atoms with Gasteiger partial charge in [-0.25, -0.2) is 0 Å². The minimum atomic E-state index is 0.560. The average Bonchev–Trinajstić information content (AvgIpc) is 2.96. The number of hydrogen-bond donors (Lipinski definition) is 1. The van der Waals surface area contributed by atoms with Crippen LogP contribution in [0.5, 0.6) is 0 Å². The largest absolute Gasteiger partial charge is 0.358 e. The summed E-state index contributed by atoms with van der Waals surface area (Å²) < 4.78 is 0. The highest BCUT2D eigenvalue weighted by Crippen LogP contribution is 2.39. The highest BCUT2D eigenvalue weighted by molar-refractivity contribution is 5.85. The number of hydrogen-bond acceptors (Lipinski definition) is 1. The molecule has 4 rings (SSSR count). The lowest BCUT2D eigenvalue weighted by atomic mass is 9.74. The molecule has 0 radical (unpaired) electrons. The summed E-state index contributed by atoms with van der Waals surface area (Å²) in [6.45, 7) is 8.54. The Labute approximate surface area is 146 Å². The van der Waals surface area contributed by atoms with Gasteiger partial charge in [0.2, 0.25) is 0 Å². The standard InChI is InChI=1S/C22H32N2/c1-3-6-17-7-8-18-19-10-14-24-13-5-11-22(4-2,16-24)12-9-20(19)23-21(18)15-17/h7-8,15,23H,3-6,9-14,16H2,1-2H3/t22-/m0/s1. The molecule has 2 aliphatic heterocycles. The van der Waals surface area contributed by atoms with Gasteiger partial charge >= 0.3 is 0 Å². The van der Waals surface area contributed by atoms with Crippen molar-refractivity contribution in [3.63, 3.8) is 0 Å². The smallest absolute Gasteiger partial charge is 0.0461 e. The van der Waals surface area contributed by atoms with Crippen LogP contribution in [0.15, 0.2) is 18.2 Å². The van der Waals surface area contributed by atoms with Gasteiger partial charge in [0.05, 0.1) is 0 Å². The summed E-state index contributed by atoms with van der Waals surface area (Å²) in [6, 6.07) is 7.12. The number of benzene rings is 1. The fourth-order valence-electron chi connectivity index (χ4n) is 5.13. The van der Waals surface area contributed by atoms with Crippen LogP contribution in [0, 0.1) is 5.41 Å². The third-order valence-electron chi connectivity index (χ3n) is 6.67. The van der Waals surface area contributed by atoms with E-state index in [1.54, 1.807) is 5.56 Å². The second-order valence-electron chi connectivity index (χ2n) is 8.20. The Hall–Kier alpha value is -1.28. The molecule has 2 nitrogen and oxygen atoms in total. The van der Waals surface area contributed by atoms with Crippen LogP contribution >= 0.6 is 0 Å². The molecule has 0 saturated carbocycles. The van der Waals surface area contributed by atoms with Crippen molar-refractivity contribution in [3.8, 4) is 0 Å². The maximum Gasteiger partial charge on any atom is 0.0461 e. The monoisotopic (exact) mass is 324 g/mol. The predicted octanol–water partition coefficient (Wildman–Crippen LogP) is 5.10. The van der Waals surface area contributed by atoms with Crippen molar-refractivity contribution in [1.82, 2.24) is 9.88 Å². The number of rotatable bonds is 3. The zero-order chi connectivity index (χ0) is 16.6. The van der Waals surface area contributed by atoms with Crippen molar-refractivity contribution in [2.45, 2.75) is 65.2 Å². The molecular formula is C22H32N2. The summed E-state index contributed by atoms with van der Waals surface area (Å²) in [6.07, 6.45) is 10.4. The molecule has 3 heterocycles. The third-order valence-corrected chi connectivity index (χ3v) is 6.67. The molecule has 1 unspecified atom stereocenters. The third kappa shape index (κ3) is 2.90. The summed E-state index contributed by atoms with van der Waals surface area (Å²) in [5.74, 6) is 0. The first kappa shape index (κ1) is 16.2. The van der Waals surface area contributed by atoms with Gasteiger partial charge in [-0.2, -0.15) is 0 Å². The lowest BCUT2D eigenvalue weighted by molar-refractivity contribution is 0.0789. The number of H-pyrrole nitrogens is 1.